The van der Waals surface area contributed by atoms with Crippen molar-refractivity contribution in [2.24, 2.45) is 10.2 Å². The number of aromatic nitrogens is 2. The zero-order valence-electron chi connectivity index (χ0n) is 22.3. The van der Waals surface area contributed by atoms with Gasteiger partial charge in [-0.05, 0) is 24.8 Å². The molecule has 1 spiro atoms. The first kappa shape index (κ1) is 28.8. The minimum absolute atomic E-state index is 0.0253. The predicted octanol–water partition coefficient (Wildman–Crippen LogP) is 4.37. The van der Waals surface area contributed by atoms with Crippen LogP contribution in [0.25, 0.3) is 0 Å². The molecule has 206 valence electrons. The number of methoxy groups -OCH3 is 2. The number of ether oxygens (including phenoxy) is 2. The number of benzene rings is 1. The first-order valence-electron chi connectivity index (χ1n) is 12.7. The molecule has 4 rings (SSSR count). The fourth-order valence-electron chi connectivity index (χ4n) is 5.20. The second kappa shape index (κ2) is 12.8. The third-order valence-corrected chi connectivity index (χ3v) is 8.62. The molecule has 1 aliphatic heterocycles. The molecular weight excluding hydrogens is 522 g/mol. The van der Waals surface area contributed by atoms with E-state index in [9.17, 15) is 15.3 Å². The largest absolute Gasteiger partial charge is 0.379 e. The van der Waals surface area contributed by atoms with E-state index in [-0.39, 0.29) is 26.9 Å². The predicted molar refractivity (Wildman–Crippen MR) is 140 cm³/mol. The number of carbonyl (C=O) groups excluding carboxylic acids is 1. The highest BCUT2D eigenvalue weighted by Gasteiger charge is 2.62. The number of hydroxylamine groups is 3. The standard InChI is InChI=1S/C26H32N7O5S/c1-19-22(17-27)25(30-29-23(18-28)24(34)20-7-5-4-6-8-20)31-32(19)21-9-11-26(12-10-21)33(13-15-35-2,14-16-36-3)37-38-39-26/h4-8,21,23H,9-16H2,1-3H3/q+1. The van der Waals surface area contributed by atoms with Crippen LogP contribution in [0.1, 0.15) is 53.3 Å². The molecule has 1 saturated carbocycles. The summed E-state index contributed by atoms with van der Waals surface area (Å²) in [6, 6.07) is 11.2. The Kier molecular flexibility index (Phi) is 9.45. The van der Waals surface area contributed by atoms with Crippen LogP contribution < -0.4 is 0 Å². The molecule has 1 atom stereocenters. The lowest BCUT2D eigenvalue weighted by atomic mass is 9.88. The fraction of sp³-hybridized carbons (Fsp3) is 0.538. The Morgan fingerprint density at radius 2 is 1.90 bits per heavy atom. The van der Waals surface area contributed by atoms with E-state index in [0.717, 1.165) is 25.7 Å². The zero-order valence-corrected chi connectivity index (χ0v) is 23.1. The molecule has 1 unspecified atom stereocenters. The molecule has 13 heteroatoms. The quantitative estimate of drug-likeness (QED) is 0.130. The van der Waals surface area contributed by atoms with Gasteiger partial charge in [-0.25, -0.2) is 0 Å². The summed E-state index contributed by atoms with van der Waals surface area (Å²) in [4.78, 5) is 18.2. The van der Waals surface area contributed by atoms with Crippen molar-refractivity contribution in [2.75, 3.05) is 40.5 Å². The number of hydrogen-bond acceptors (Lipinski definition) is 11. The zero-order chi connectivity index (χ0) is 27.9. The molecule has 0 radical (unpaired) electrons. The topological polar surface area (TPSA) is 144 Å². The lowest BCUT2D eigenvalue weighted by Crippen LogP contribution is -2.62. The number of nitrogens with zero attached hydrogens (tertiary/aromatic N) is 7. The molecule has 2 heterocycles. The number of azo groups is 1. The van der Waals surface area contributed by atoms with Gasteiger partial charge in [0.2, 0.25) is 22.5 Å². The Hall–Kier alpha value is -3.17. The molecule has 12 nitrogen and oxygen atoms in total. The Morgan fingerprint density at radius 1 is 1.23 bits per heavy atom. The van der Waals surface area contributed by atoms with Gasteiger partial charge in [0.05, 0.1) is 31.0 Å². The van der Waals surface area contributed by atoms with E-state index in [1.54, 1.807) is 44.6 Å². The van der Waals surface area contributed by atoms with Crippen LogP contribution in [0.5, 0.6) is 0 Å². The van der Waals surface area contributed by atoms with Crippen molar-refractivity contribution in [2.45, 2.75) is 49.6 Å². The van der Waals surface area contributed by atoms with Crippen LogP contribution in [0, 0.1) is 29.6 Å². The number of quaternary nitrogens is 1. The minimum Gasteiger partial charge on any atom is -0.379 e. The number of Topliss-reactive ketones (excluding diaryl/α,β-unsaturated/α-hetero) is 1. The smallest absolute Gasteiger partial charge is 0.219 e. The number of nitriles is 2. The Balaban J connectivity index is 1.52. The van der Waals surface area contributed by atoms with Gasteiger partial charge >= 0.3 is 0 Å². The van der Waals surface area contributed by atoms with Gasteiger partial charge in [-0.3, -0.25) is 9.48 Å². The molecule has 2 aromatic rings. The van der Waals surface area contributed by atoms with Gasteiger partial charge in [0.25, 0.3) is 0 Å². The highest BCUT2D eigenvalue weighted by atomic mass is 32.2. The summed E-state index contributed by atoms with van der Waals surface area (Å²) in [5.74, 6) is -0.361. The maximum Gasteiger partial charge on any atom is 0.219 e. The summed E-state index contributed by atoms with van der Waals surface area (Å²) in [5, 5.41) is 32.0. The molecule has 0 amide bonds. The third-order valence-electron chi connectivity index (χ3n) is 7.44. The van der Waals surface area contributed by atoms with Crippen molar-refractivity contribution in [1.29, 1.82) is 10.5 Å². The molecule has 1 aromatic carbocycles. The van der Waals surface area contributed by atoms with Crippen molar-refractivity contribution in [3.05, 3.63) is 47.2 Å². The third kappa shape index (κ3) is 5.75. The van der Waals surface area contributed by atoms with Gasteiger partial charge in [-0.2, -0.15) is 15.6 Å². The fourth-order valence-corrected chi connectivity index (χ4v) is 6.23. The summed E-state index contributed by atoms with van der Waals surface area (Å²) < 4.78 is 18.3. The van der Waals surface area contributed by atoms with E-state index in [1.807, 2.05) is 17.7 Å². The van der Waals surface area contributed by atoms with E-state index in [0.29, 0.717) is 37.6 Å². The van der Waals surface area contributed by atoms with E-state index >= 15 is 0 Å². The molecule has 1 saturated heterocycles. The highest BCUT2D eigenvalue weighted by Crippen LogP contribution is 2.54. The molecular formula is C26H32N7O5S+. The second-order valence-electron chi connectivity index (χ2n) is 9.54. The average molecular weight is 555 g/mol. The van der Waals surface area contributed by atoms with Crippen molar-refractivity contribution < 1.29 is 28.2 Å². The summed E-state index contributed by atoms with van der Waals surface area (Å²) in [6.45, 7) is 4.12. The van der Waals surface area contributed by atoms with Crippen molar-refractivity contribution in [1.82, 2.24) is 9.78 Å². The molecule has 0 bridgehead atoms. The first-order chi connectivity index (χ1) is 18.9. The Morgan fingerprint density at radius 3 is 2.49 bits per heavy atom. The SMILES string of the molecule is COCC[N+]1(CCOC)OOSC12CCC(n1nc(N=NC(C#N)C(=O)c3ccccc3)c(C#N)c1C)CC2. The van der Waals surface area contributed by atoms with Gasteiger partial charge in [0.1, 0.15) is 36.8 Å². The highest BCUT2D eigenvalue weighted by molar-refractivity contribution is 7.95. The molecule has 1 aliphatic carbocycles. The van der Waals surface area contributed by atoms with Crippen LogP contribution in [0.4, 0.5) is 5.82 Å². The first-order valence-corrected chi connectivity index (χ1v) is 13.5. The van der Waals surface area contributed by atoms with Crippen molar-refractivity contribution in [3.63, 3.8) is 0 Å². The molecule has 1 aromatic heterocycles. The van der Waals surface area contributed by atoms with E-state index in [2.05, 4.69) is 21.4 Å². The van der Waals surface area contributed by atoms with Crippen LogP contribution in [0.2, 0.25) is 0 Å². The Labute approximate surface area is 231 Å². The van der Waals surface area contributed by atoms with Crippen LogP contribution in [0.3, 0.4) is 0 Å². The van der Waals surface area contributed by atoms with Crippen molar-refractivity contribution >= 4 is 23.6 Å². The van der Waals surface area contributed by atoms with Gasteiger partial charge in [-0.1, -0.05) is 30.3 Å². The summed E-state index contributed by atoms with van der Waals surface area (Å²) in [7, 11) is 3.33. The summed E-state index contributed by atoms with van der Waals surface area (Å²) in [5.41, 5.74) is 1.31. The van der Waals surface area contributed by atoms with E-state index < -0.39 is 11.8 Å². The van der Waals surface area contributed by atoms with Gasteiger partial charge < -0.3 is 9.47 Å². The molecule has 2 aliphatic rings. The van der Waals surface area contributed by atoms with E-state index in [4.69, 9.17) is 18.8 Å². The molecule has 2 fully saturated rings. The monoisotopic (exact) mass is 554 g/mol. The number of rotatable bonds is 11. The lowest BCUT2D eigenvalue weighted by molar-refractivity contribution is -1.15. The lowest BCUT2D eigenvalue weighted by Gasteiger charge is -2.44. The van der Waals surface area contributed by atoms with Crippen molar-refractivity contribution in [3.8, 4) is 12.1 Å². The van der Waals surface area contributed by atoms with Crippen LogP contribution >= 0.6 is 12.0 Å². The number of ketones is 1. The van der Waals surface area contributed by atoms with E-state index in [1.165, 1.54) is 12.0 Å². The number of hydrogen-bond donors (Lipinski definition) is 0. The summed E-state index contributed by atoms with van der Waals surface area (Å²) >= 11 is 1.36. The number of carbonyl (C=O) groups is 1. The second-order valence-corrected chi connectivity index (χ2v) is 10.6. The molecule has 0 N–H and O–H groups in total. The maximum atomic E-state index is 12.7. The van der Waals surface area contributed by atoms with Gasteiger partial charge in [0.15, 0.2) is 0 Å². The normalized spacial score (nSPS) is 23.1. The minimum atomic E-state index is -1.33. The van der Waals surface area contributed by atoms with Gasteiger partial charge in [0, 0.05) is 32.6 Å². The van der Waals surface area contributed by atoms with Crippen LogP contribution in [0.15, 0.2) is 40.6 Å². The molecule has 39 heavy (non-hydrogen) atoms. The summed E-state index contributed by atoms with van der Waals surface area (Å²) in [6.07, 6.45) is 3.12. The average Bonchev–Trinajstić information content (AvgIpc) is 3.48. The maximum absolute atomic E-state index is 12.7. The van der Waals surface area contributed by atoms with Crippen LogP contribution in [-0.2, 0) is 18.8 Å². The van der Waals surface area contributed by atoms with Gasteiger partial charge in [-0.15, -0.1) is 19.2 Å². The Bertz CT molecular complexity index is 1250. The van der Waals surface area contributed by atoms with Crippen LogP contribution in [-0.4, -0.2) is 71.6 Å².